The van der Waals surface area contributed by atoms with Gasteiger partial charge in [-0.2, -0.15) is 0 Å². The molecule has 6 heteroatoms. The number of nitrogens with zero attached hydrogens (tertiary/aromatic N) is 2. The van der Waals surface area contributed by atoms with Crippen molar-refractivity contribution in [1.82, 2.24) is 10.3 Å². The Morgan fingerprint density at radius 2 is 1.68 bits per heavy atom. The molecule has 0 aliphatic carbocycles. The number of hydrogen-bond donors (Lipinski definition) is 1. The van der Waals surface area contributed by atoms with Crippen LogP contribution >= 0.6 is 0 Å². The summed E-state index contributed by atoms with van der Waals surface area (Å²) in [6.45, 7) is 3.64. The average Bonchev–Trinajstić information content (AvgIpc) is 2.68. The van der Waals surface area contributed by atoms with Crippen LogP contribution in [0.3, 0.4) is 0 Å². The van der Waals surface area contributed by atoms with Gasteiger partial charge in [-0.05, 0) is 36.4 Å². The Hall–Kier alpha value is -2.44. The molecule has 25 heavy (non-hydrogen) atoms. The summed E-state index contributed by atoms with van der Waals surface area (Å²) >= 11 is 0. The minimum absolute atomic E-state index is 0.301. The van der Waals surface area contributed by atoms with E-state index in [9.17, 15) is 8.42 Å². The van der Waals surface area contributed by atoms with E-state index in [4.69, 9.17) is 0 Å². The van der Waals surface area contributed by atoms with Crippen LogP contribution in [-0.4, -0.2) is 39.6 Å². The lowest BCUT2D eigenvalue weighted by molar-refractivity contribution is 0.590. The maximum absolute atomic E-state index is 12.9. The van der Waals surface area contributed by atoms with Gasteiger partial charge in [-0.15, -0.1) is 0 Å². The van der Waals surface area contributed by atoms with Crippen molar-refractivity contribution in [2.45, 2.75) is 9.79 Å². The second kappa shape index (κ2) is 6.46. The number of fused-ring (bicyclic) bond motifs is 1. The first-order valence-corrected chi connectivity index (χ1v) is 9.79. The molecule has 5 nitrogen and oxygen atoms in total. The van der Waals surface area contributed by atoms with E-state index in [-0.39, 0.29) is 0 Å². The van der Waals surface area contributed by atoms with E-state index in [0.717, 1.165) is 42.8 Å². The Labute approximate surface area is 147 Å². The smallest absolute Gasteiger partial charge is 0.206 e. The Balaban J connectivity index is 1.84. The molecule has 1 aromatic heterocycles. The lowest BCUT2D eigenvalue weighted by atomic mass is 10.1. The predicted molar refractivity (Wildman–Crippen MR) is 98.7 cm³/mol. The molecular formula is C19H19N3O2S. The molecule has 1 fully saturated rings. The zero-order chi connectivity index (χ0) is 17.3. The molecule has 0 amide bonds. The molecule has 2 aromatic carbocycles. The monoisotopic (exact) mass is 353 g/mol. The SMILES string of the molecule is O=S(=O)(c1ccccc1)c1ccc2nccc(N3CCNCC3)c2c1. The molecule has 1 aliphatic rings. The molecule has 3 aromatic rings. The molecule has 1 saturated heterocycles. The van der Waals surface area contributed by atoms with Crippen molar-refractivity contribution >= 4 is 26.4 Å². The van der Waals surface area contributed by atoms with Crippen LogP contribution in [0.25, 0.3) is 10.9 Å². The number of rotatable bonds is 3. The summed E-state index contributed by atoms with van der Waals surface area (Å²) in [4.78, 5) is 7.28. The van der Waals surface area contributed by atoms with Crippen LogP contribution in [0, 0.1) is 0 Å². The topological polar surface area (TPSA) is 62.3 Å². The second-order valence-corrected chi connectivity index (χ2v) is 8.01. The molecule has 0 atom stereocenters. The first-order chi connectivity index (χ1) is 12.2. The predicted octanol–water partition coefficient (Wildman–Crippen LogP) is 2.48. The number of anilines is 1. The number of sulfone groups is 1. The molecule has 2 heterocycles. The van der Waals surface area contributed by atoms with E-state index in [2.05, 4.69) is 15.2 Å². The van der Waals surface area contributed by atoms with Crippen LogP contribution in [0.2, 0.25) is 0 Å². The summed E-state index contributed by atoms with van der Waals surface area (Å²) in [6.07, 6.45) is 1.78. The zero-order valence-electron chi connectivity index (χ0n) is 13.7. The minimum atomic E-state index is -3.54. The molecule has 1 aliphatic heterocycles. The Kier molecular flexibility index (Phi) is 4.15. The quantitative estimate of drug-likeness (QED) is 0.784. The Morgan fingerprint density at radius 3 is 2.44 bits per heavy atom. The van der Waals surface area contributed by atoms with Crippen LogP contribution in [0.15, 0.2) is 70.6 Å². The van der Waals surface area contributed by atoms with Gasteiger partial charge in [0, 0.05) is 43.4 Å². The molecule has 0 spiro atoms. The molecule has 4 rings (SSSR count). The molecule has 0 saturated carbocycles. The minimum Gasteiger partial charge on any atom is -0.368 e. The van der Waals surface area contributed by atoms with Gasteiger partial charge in [0.25, 0.3) is 0 Å². The van der Waals surface area contributed by atoms with Crippen molar-refractivity contribution in [3.05, 3.63) is 60.8 Å². The fourth-order valence-corrected chi connectivity index (χ4v) is 4.50. The van der Waals surface area contributed by atoms with Crippen molar-refractivity contribution in [3.63, 3.8) is 0 Å². The third kappa shape index (κ3) is 2.99. The van der Waals surface area contributed by atoms with Gasteiger partial charge in [0.05, 0.1) is 15.3 Å². The van der Waals surface area contributed by atoms with Gasteiger partial charge < -0.3 is 10.2 Å². The third-order valence-electron chi connectivity index (χ3n) is 4.51. The highest BCUT2D eigenvalue weighted by molar-refractivity contribution is 7.91. The highest BCUT2D eigenvalue weighted by Gasteiger charge is 2.20. The standard InChI is InChI=1S/C19H19N3O2S/c23-25(24,15-4-2-1-3-5-15)16-6-7-18-17(14-16)19(8-9-21-18)22-12-10-20-11-13-22/h1-9,14,20H,10-13H2. The summed E-state index contributed by atoms with van der Waals surface area (Å²) in [5.41, 5.74) is 1.85. The summed E-state index contributed by atoms with van der Waals surface area (Å²) in [5, 5.41) is 4.21. The van der Waals surface area contributed by atoms with Crippen LogP contribution in [-0.2, 0) is 9.84 Å². The zero-order valence-corrected chi connectivity index (χ0v) is 14.5. The average molecular weight is 353 g/mol. The summed E-state index contributed by atoms with van der Waals surface area (Å²) in [7, 11) is -3.54. The van der Waals surface area contributed by atoms with Crippen molar-refractivity contribution in [2.75, 3.05) is 31.1 Å². The van der Waals surface area contributed by atoms with Gasteiger partial charge in [-0.25, -0.2) is 8.42 Å². The number of piperazine rings is 1. The van der Waals surface area contributed by atoms with Gasteiger partial charge in [0.2, 0.25) is 9.84 Å². The number of benzene rings is 2. The fourth-order valence-electron chi connectivity index (χ4n) is 3.20. The molecule has 0 unspecified atom stereocenters. The lowest BCUT2D eigenvalue weighted by Crippen LogP contribution is -2.43. The van der Waals surface area contributed by atoms with Crippen LogP contribution in [0.4, 0.5) is 5.69 Å². The van der Waals surface area contributed by atoms with Gasteiger partial charge in [-0.1, -0.05) is 18.2 Å². The van der Waals surface area contributed by atoms with Gasteiger partial charge >= 0.3 is 0 Å². The highest BCUT2D eigenvalue weighted by Crippen LogP contribution is 2.30. The molecule has 0 bridgehead atoms. The van der Waals surface area contributed by atoms with E-state index in [1.165, 1.54) is 0 Å². The molecule has 0 radical (unpaired) electrons. The lowest BCUT2D eigenvalue weighted by Gasteiger charge is -2.30. The van der Waals surface area contributed by atoms with Crippen LogP contribution in [0.1, 0.15) is 0 Å². The number of pyridine rings is 1. The van der Waals surface area contributed by atoms with Gasteiger partial charge in [-0.3, -0.25) is 4.98 Å². The normalized spacial score (nSPS) is 15.4. The van der Waals surface area contributed by atoms with Crippen molar-refractivity contribution in [2.24, 2.45) is 0 Å². The van der Waals surface area contributed by atoms with Crippen molar-refractivity contribution < 1.29 is 8.42 Å². The van der Waals surface area contributed by atoms with Crippen molar-refractivity contribution in [1.29, 1.82) is 0 Å². The highest BCUT2D eigenvalue weighted by atomic mass is 32.2. The van der Waals surface area contributed by atoms with Gasteiger partial charge in [0.1, 0.15) is 0 Å². The maximum Gasteiger partial charge on any atom is 0.206 e. The summed E-state index contributed by atoms with van der Waals surface area (Å²) < 4.78 is 25.8. The first kappa shape index (κ1) is 16.1. The molecular weight excluding hydrogens is 334 g/mol. The van der Waals surface area contributed by atoms with E-state index >= 15 is 0 Å². The number of hydrogen-bond acceptors (Lipinski definition) is 5. The number of nitrogens with one attached hydrogen (secondary N) is 1. The fraction of sp³-hybridized carbons (Fsp3) is 0.211. The third-order valence-corrected chi connectivity index (χ3v) is 6.28. The van der Waals surface area contributed by atoms with Crippen molar-refractivity contribution in [3.8, 4) is 0 Å². The largest absolute Gasteiger partial charge is 0.368 e. The maximum atomic E-state index is 12.9. The van der Waals surface area contributed by atoms with Crippen LogP contribution in [0.5, 0.6) is 0 Å². The Morgan fingerprint density at radius 1 is 0.920 bits per heavy atom. The molecule has 1 N–H and O–H groups in total. The first-order valence-electron chi connectivity index (χ1n) is 8.31. The van der Waals surface area contributed by atoms with E-state index in [1.54, 1.807) is 48.7 Å². The molecule has 128 valence electrons. The second-order valence-electron chi connectivity index (χ2n) is 6.06. The van der Waals surface area contributed by atoms with E-state index in [1.807, 2.05) is 12.1 Å². The Bertz CT molecular complexity index is 998. The van der Waals surface area contributed by atoms with Gasteiger partial charge in [0.15, 0.2) is 0 Å². The summed E-state index contributed by atoms with van der Waals surface area (Å²) in [5.74, 6) is 0. The van der Waals surface area contributed by atoms with E-state index < -0.39 is 9.84 Å². The number of aromatic nitrogens is 1. The van der Waals surface area contributed by atoms with E-state index in [0.29, 0.717) is 9.79 Å². The summed E-state index contributed by atoms with van der Waals surface area (Å²) in [6, 6.07) is 15.7. The van der Waals surface area contributed by atoms with Crippen LogP contribution < -0.4 is 10.2 Å².